The van der Waals surface area contributed by atoms with Crippen LogP contribution in [0.3, 0.4) is 0 Å². The molecule has 160 valence electrons. The number of anilines is 1. The Hall–Kier alpha value is -2.43. The summed E-state index contributed by atoms with van der Waals surface area (Å²) in [6.45, 7) is 1.49. The Morgan fingerprint density at radius 2 is 1.87 bits per heavy atom. The van der Waals surface area contributed by atoms with Crippen molar-refractivity contribution in [3.05, 3.63) is 63.6 Å². The van der Waals surface area contributed by atoms with Crippen molar-refractivity contribution in [1.82, 2.24) is 4.98 Å². The Labute approximate surface area is 181 Å². The summed E-state index contributed by atoms with van der Waals surface area (Å²) >= 11 is 6.79. The minimum atomic E-state index is -4.48. The van der Waals surface area contributed by atoms with Gasteiger partial charge in [-0.3, -0.25) is 0 Å². The standard InChI is InChI=1S/C19H17ClF2N2O4S2/c1-11-10-29-19(23-11)24(9-12-4-5-13(27-2)6-17(12)28-3)30(25,26)18-7-14(20)15(21)8-16(18)22/h4-8,10H,9H2,1-3H3. The Bertz CT molecular complexity index is 1190. The maximum Gasteiger partial charge on any atom is 0.269 e. The van der Waals surface area contributed by atoms with E-state index < -0.39 is 31.6 Å². The molecule has 2 aromatic carbocycles. The lowest BCUT2D eigenvalue weighted by Crippen LogP contribution is -2.31. The predicted molar refractivity (Wildman–Crippen MR) is 111 cm³/mol. The number of ether oxygens (including phenoxy) is 2. The summed E-state index contributed by atoms with van der Waals surface area (Å²) in [5.41, 5.74) is 1.08. The van der Waals surface area contributed by atoms with Crippen LogP contribution in [0.5, 0.6) is 11.5 Å². The molecular formula is C19H17ClF2N2O4S2. The largest absolute Gasteiger partial charge is 0.497 e. The van der Waals surface area contributed by atoms with Crippen LogP contribution in [0, 0.1) is 18.6 Å². The molecule has 0 radical (unpaired) electrons. The zero-order valence-electron chi connectivity index (χ0n) is 16.1. The van der Waals surface area contributed by atoms with Crippen molar-refractivity contribution in [3.8, 4) is 11.5 Å². The van der Waals surface area contributed by atoms with Gasteiger partial charge in [-0.2, -0.15) is 0 Å². The highest BCUT2D eigenvalue weighted by molar-refractivity contribution is 7.93. The van der Waals surface area contributed by atoms with Crippen molar-refractivity contribution in [2.75, 3.05) is 18.5 Å². The molecule has 0 fully saturated rings. The first-order valence-electron chi connectivity index (χ1n) is 8.47. The van der Waals surface area contributed by atoms with Crippen molar-refractivity contribution in [1.29, 1.82) is 0 Å². The van der Waals surface area contributed by atoms with Gasteiger partial charge in [-0.05, 0) is 25.1 Å². The van der Waals surface area contributed by atoms with Crippen molar-refractivity contribution in [2.45, 2.75) is 18.4 Å². The van der Waals surface area contributed by atoms with Crippen LogP contribution in [0.1, 0.15) is 11.3 Å². The van der Waals surface area contributed by atoms with E-state index in [-0.39, 0.29) is 11.7 Å². The van der Waals surface area contributed by atoms with Crippen LogP contribution in [-0.4, -0.2) is 27.6 Å². The average molecular weight is 475 g/mol. The van der Waals surface area contributed by atoms with Crippen LogP contribution in [-0.2, 0) is 16.6 Å². The summed E-state index contributed by atoms with van der Waals surface area (Å²) in [5.74, 6) is -1.41. The van der Waals surface area contributed by atoms with Gasteiger partial charge in [-0.1, -0.05) is 11.6 Å². The second-order valence-corrected chi connectivity index (χ2v) is 9.23. The molecule has 6 nitrogen and oxygen atoms in total. The van der Waals surface area contributed by atoms with Gasteiger partial charge in [-0.25, -0.2) is 26.5 Å². The number of aromatic nitrogens is 1. The molecule has 0 bridgehead atoms. The second-order valence-electron chi connectivity index (χ2n) is 6.16. The number of hydrogen-bond donors (Lipinski definition) is 0. The van der Waals surface area contributed by atoms with Crippen LogP contribution in [0.15, 0.2) is 40.6 Å². The Kier molecular flexibility index (Phi) is 6.49. The molecule has 0 saturated carbocycles. The van der Waals surface area contributed by atoms with E-state index in [2.05, 4.69) is 4.98 Å². The summed E-state index contributed by atoms with van der Waals surface area (Å²) in [7, 11) is -1.56. The summed E-state index contributed by atoms with van der Waals surface area (Å²) in [5, 5.41) is 1.27. The minimum absolute atomic E-state index is 0.116. The summed E-state index contributed by atoms with van der Waals surface area (Å²) in [6.07, 6.45) is 0. The molecule has 11 heteroatoms. The lowest BCUT2D eigenvalue weighted by atomic mass is 10.2. The number of aryl methyl sites for hydroxylation is 1. The third kappa shape index (κ3) is 4.35. The molecule has 30 heavy (non-hydrogen) atoms. The number of sulfonamides is 1. The quantitative estimate of drug-likeness (QED) is 0.460. The van der Waals surface area contributed by atoms with Crippen LogP contribution >= 0.6 is 22.9 Å². The summed E-state index contributed by atoms with van der Waals surface area (Å²) in [6, 6.07) is 6.07. The highest BCUT2D eigenvalue weighted by atomic mass is 35.5. The molecule has 0 aliphatic rings. The van der Waals surface area contributed by atoms with E-state index in [0.717, 1.165) is 21.7 Å². The molecule has 3 aromatic rings. The van der Waals surface area contributed by atoms with E-state index in [0.29, 0.717) is 28.8 Å². The van der Waals surface area contributed by atoms with Gasteiger partial charge in [0, 0.05) is 23.1 Å². The van der Waals surface area contributed by atoms with Crippen LogP contribution in [0.25, 0.3) is 0 Å². The molecule has 0 unspecified atom stereocenters. The number of thiazole rings is 1. The molecule has 0 aliphatic carbocycles. The van der Waals surface area contributed by atoms with Crippen LogP contribution in [0.2, 0.25) is 5.02 Å². The van der Waals surface area contributed by atoms with E-state index in [9.17, 15) is 17.2 Å². The fourth-order valence-electron chi connectivity index (χ4n) is 2.67. The first-order valence-corrected chi connectivity index (χ1v) is 11.2. The highest BCUT2D eigenvalue weighted by Crippen LogP contribution is 2.34. The maximum absolute atomic E-state index is 14.4. The normalized spacial score (nSPS) is 11.4. The fraction of sp³-hybridized carbons (Fsp3) is 0.211. The molecule has 1 heterocycles. The molecule has 0 spiro atoms. The SMILES string of the molecule is COc1ccc(CN(c2nc(C)cs2)S(=O)(=O)c2cc(Cl)c(F)cc2F)c(OC)c1. The number of methoxy groups -OCH3 is 2. The number of benzene rings is 2. The van der Waals surface area contributed by atoms with Gasteiger partial charge < -0.3 is 9.47 Å². The van der Waals surface area contributed by atoms with Gasteiger partial charge >= 0.3 is 0 Å². The monoisotopic (exact) mass is 474 g/mol. The van der Waals surface area contributed by atoms with Gasteiger partial charge in [0.15, 0.2) is 5.13 Å². The first kappa shape index (κ1) is 22.3. The van der Waals surface area contributed by atoms with Gasteiger partial charge in [0.1, 0.15) is 28.0 Å². The van der Waals surface area contributed by atoms with Gasteiger partial charge in [0.2, 0.25) is 0 Å². The molecule has 0 saturated heterocycles. The lowest BCUT2D eigenvalue weighted by molar-refractivity contribution is 0.391. The van der Waals surface area contributed by atoms with Crippen LogP contribution < -0.4 is 13.8 Å². The number of halogens is 3. The molecule has 0 N–H and O–H groups in total. The van der Waals surface area contributed by atoms with Gasteiger partial charge in [0.05, 0.1) is 31.5 Å². The topological polar surface area (TPSA) is 68.7 Å². The van der Waals surface area contributed by atoms with E-state index >= 15 is 0 Å². The third-order valence-corrected chi connectivity index (χ3v) is 7.31. The van der Waals surface area contributed by atoms with E-state index in [1.165, 1.54) is 14.2 Å². The Balaban J connectivity index is 2.14. The number of rotatable bonds is 7. The Morgan fingerprint density at radius 1 is 1.13 bits per heavy atom. The van der Waals surface area contributed by atoms with Gasteiger partial charge in [0.25, 0.3) is 10.0 Å². The predicted octanol–water partition coefficient (Wildman–Crippen LogP) is 4.80. The lowest BCUT2D eigenvalue weighted by Gasteiger charge is -2.23. The molecule has 3 rings (SSSR count). The van der Waals surface area contributed by atoms with Gasteiger partial charge in [-0.15, -0.1) is 11.3 Å². The van der Waals surface area contributed by atoms with Crippen molar-refractivity contribution < 1.29 is 26.7 Å². The van der Waals surface area contributed by atoms with E-state index in [4.69, 9.17) is 21.1 Å². The fourth-order valence-corrected chi connectivity index (χ4v) is 5.39. The molecule has 0 atom stereocenters. The smallest absolute Gasteiger partial charge is 0.269 e. The van der Waals surface area contributed by atoms with E-state index in [1.54, 1.807) is 30.5 Å². The minimum Gasteiger partial charge on any atom is -0.497 e. The molecule has 0 aliphatic heterocycles. The van der Waals surface area contributed by atoms with Crippen molar-refractivity contribution in [3.63, 3.8) is 0 Å². The molecular weight excluding hydrogens is 458 g/mol. The Morgan fingerprint density at radius 3 is 2.47 bits per heavy atom. The zero-order valence-corrected chi connectivity index (χ0v) is 18.5. The summed E-state index contributed by atoms with van der Waals surface area (Å²) < 4.78 is 66.2. The highest BCUT2D eigenvalue weighted by Gasteiger charge is 2.32. The third-order valence-electron chi connectivity index (χ3n) is 4.17. The number of nitrogens with zero attached hydrogens (tertiary/aromatic N) is 2. The summed E-state index contributed by atoms with van der Waals surface area (Å²) in [4.78, 5) is 3.47. The van der Waals surface area contributed by atoms with Crippen molar-refractivity contribution in [2.24, 2.45) is 0 Å². The molecule has 0 amide bonds. The first-order chi connectivity index (χ1) is 14.2. The maximum atomic E-state index is 14.4. The van der Waals surface area contributed by atoms with Crippen LogP contribution in [0.4, 0.5) is 13.9 Å². The number of hydrogen-bond acceptors (Lipinski definition) is 6. The second kappa shape index (κ2) is 8.75. The average Bonchev–Trinajstić information content (AvgIpc) is 3.14. The van der Waals surface area contributed by atoms with E-state index in [1.807, 2.05) is 0 Å². The zero-order chi connectivity index (χ0) is 22.1. The molecule has 1 aromatic heterocycles. The van der Waals surface area contributed by atoms with Crippen molar-refractivity contribution >= 4 is 38.1 Å².